The minimum absolute atomic E-state index is 0.719. The Labute approximate surface area is 129 Å². The Hall–Kier alpha value is -1.02. The van der Waals surface area contributed by atoms with Gasteiger partial charge in [-0.05, 0) is 61.1 Å². The first-order valence-corrected chi connectivity index (χ1v) is 8.61. The minimum atomic E-state index is 0.719. The number of ether oxygens (including phenoxy) is 1. The van der Waals surface area contributed by atoms with E-state index < -0.39 is 0 Å². The second kappa shape index (κ2) is 6.39. The van der Waals surface area contributed by atoms with Gasteiger partial charge in [-0.25, -0.2) is 0 Å². The standard InChI is InChI=1S/C19H29NO/c1-4-14-8-9-19(13(14)2)20-17-10-16(11-17)15-6-5-7-18(12-15)21-3/h5-7,12-14,16-17,19-20H,4,8-11H2,1-3H3. The van der Waals surface area contributed by atoms with E-state index in [4.69, 9.17) is 4.74 Å². The van der Waals surface area contributed by atoms with Gasteiger partial charge in [-0.1, -0.05) is 32.4 Å². The maximum absolute atomic E-state index is 5.33. The van der Waals surface area contributed by atoms with E-state index in [1.165, 1.54) is 37.7 Å². The average molecular weight is 287 g/mol. The normalized spacial score (nSPS) is 35.5. The largest absolute Gasteiger partial charge is 0.497 e. The Kier molecular flexibility index (Phi) is 4.54. The van der Waals surface area contributed by atoms with Gasteiger partial charge in [0.15, 0.2) is 0 Å². The number of hydrogen-bond acceptors (Lipinski definition) is 2. The molecule has 2 aliphatic carbocycles. The van der Waals surface area contributed by atoms with Crippen molar-refractivity contribution in [2.24, 2.45) is 11.8 Å². The van der Waals surface area contributed by atoms with Crippen molar-refractivity contribution in [1.82, 2.24) is 5.32 Å². The van der Waals surface area contributed by atoms with Crippen molar-refractivity contribution >= 4 is 0 Å². The molecule has 2 nitrogen and oxygen atoms in total. The molecule has 0 spiro atoms. The Morgan fingerprint density at radius 2 is 2.05 bits per heavy atom. The predicted molar refractivity (Wildman–Crippen MR) is 87.9 cm³/mol. The molecule has 0 radical (unpaired) electrons. The fourth-order valence-corrected chi connectivity index (χ4v) is 4.28. The van der Waals surface area contributed by atoms with Crippen LogP contribution in [0.4, 0.5) is 0 Å². The summed E-state index contributed by atoms with van der Waals surface area (Å²) in [6.45, 7) is 4.78. The summed E-state index contributed by atoms with van der Waals surface area (Å²) in [7, 11) is 1.75. The van der Waals surface area contributed by atoms with Crippen molar-refractivity contribution in [1.29, 1.82) is 0 Å². The molecule has 0 aliphatic heterocycles. The number of nitrogens with one attached hydrogen (secondary N) is 1. The lowest BCUT2D eigenvalue weighted by Crippen LogP contribution is -2.46. The average Bonchev–Trinajstić information content (AvgIpc) is 2.82. The SMILES string of the molecule is CCC1CCC(NC2CC(c3cccc(OC)c3)C2)C1C. The molecule has 2 fully saturated rings. The van der Waals surface area contributed by atoms with Crippen LogP contribution >= 0.6 is 0 Å². The summed E-state index contributed by atoms with van der Waals surface area (Å²) >= 11 is 0. The van der Waals surface area contributed by atoms with Crippen LogP contribution < -0.4 is 10.1 Å². The van der Waals surface area contributed by atoms with Gasteiger partial charge in [0.2, 0.25) is 0 Å². The number of methoxy groups -OCH3 is 1. The zero-order valence-electron chi connectivity index (χ0n) is 13.6. The van der Waals surface area contributed by atoms with Crippen molar-refractivity contribution in [2.45, 2.75) is 64.0 Å². The van der Waals surface area contributed by atoms with Gasteiger partial charge in [0.25, 0.3) is 0 Å². The first-order chi connectivity index (χ1) is 10.2. The molecule has 3 atom stereocenters. The van der Waals surface area contributed by atoms with Crippen LogP contribution in [0.25, 0.3) is 0 Å². The van der Waals surface area contributed by atoms with Crippen LogP contribution in [0.5, 0.6) is 5.75 Å². The van der Waals surface area contributed by atoms with E-state index in [-0.39, 0.29) is 0 Å². The molecule has 0 saturated heterocycles. The van der Waals surface area contributed by atoms with Crippen LogP contribution in [0.15, 0.2) is 24.3 Å². The van der Waals surface area contributed by atoms with E-state index >= 15 is 0 Å². The van der Waals surface area contributed by atoms with Gasteiger partial charge in [-0.15, -0.1) is 0 Å². The maximum Gasteiger partial charge on any atom is 0.119 e. The third-order valence-corrected chi connectivity index (χ3v) is 5.90. The van der Waals surface area contributed by atoms with Crippen molar-refractivity contribution in [2.75, 3.05) is 7.11 Å². The molecule has 2 aliphatic rings. The predicted octanol–water partition coefficient (Wildman–Crippen LogP) is 4.36. The first kappa shape index (κ1) is 14.9. The Morgan fingerprint density at radius 3 is 2.71 bits per heavy atom. The van der Waals surface area contributed by atoms with Crippen molar-refractivity contribution < 1.29 is 4.74 Å². The van der Waals surface area contributed by atoms with Crippen LogP contribution in [-0.2, 0) is 0 Å². The third kappa shape index (κ3) is 3.11. The van der Waals surface area contributed by atoms with Crippen molar-refractivity contribution in [3.05, 3.63) is 29.8 Å². The molecular formula is C19H29NO. The van der Waals surface area contributed by atoms with Crippen LogP contribution in [-0.4, -0.2) is 19.2 Å². The van der Waals surface area contributed by atoms with Gasteiger partial charge >= 0.3 is 0 Å². The lowest BCUT2D eigenvalue weighted by atomic mass is 9.75. The zero-order chi connectivity index (χ0) is 14.8. The summed E-state index contributed by atoms with van der Waals surface area (Å²) in [5.74, 6) is 3.50. The lowest BCUT2D eigenvalue weighted by Gasteiger charge is -2.39. The molecule has 1 aromatic rings. The van der Waals surface area contributed by atoms with E-state index in [2.05, 4.69) is 37.4 Å². The van der Waals surface area contributed by atoms with E-state index in [1.54, 1.807) is 7.11 Å². The van der Waals surface area contributed by atoms with Gasteiger partial charge in [-0.3, -0.25) is 0 Å². The summed E-state index contributed by atoms with van der Waals surface area (Å²) in [6, 6.07) is 10.1. The highest BCUT2D eigenvalue weighted by Crippen LogP contribution is 2.40. The summed E-state index contributed by atoms with van der Waals surface area (Å²) in [5, 5.41) is 3.93. The van der Waals surface area contributed by atoms with Crippen LogP contribution in [0.2, 0.25) is 0 Å². The van der Waals surface area contributed by atoms with Gasteiger partial charge in [0.05, 0.1) is 7.11 Å². The Morgan fingerprint density at radius 1 is 1.24 bits per heavy atom. The Bertz CT molecular complexity index is 466. The second-order valence-corrected chi connectivity index (χ2v) is 7.02. The van der Waals surface area contributed by atoms with E-state index in [1.807, 2.05) is 6.07 Å². The molecule has 0 aromatic heterocycles. The molecule has 0 amide bonds. The van der Waals surface area contributed by atoms with E-state index in [9.17, 15) is 0 Å². The van der Waals surface area contributed by atoms with Gasteiger partial charge in [-0.2, -0.15) is 0 Å². The summed E-state index contributed by atoms with van der Waals surface area (Å²) in [5.41, 5.74) is 1.44. The number of benzene rings is 1. The molecule has 21 heavy (non-hydrogen) atoms. The zero-order valence-corrected chi connectivity index (χ0v) is 13.6. The molecular weight excluding hydrogens is 258 g/mol. The molecule has 2 saturated carbocycles. The highest BCUT2D eigenvalue weighted by Gasteiger charge is 2.37. The quantitative estimate of drug-likeness (QED) is 0.869. The maximum atomic E-state index is 5.33. The molecule has 3 rings (SSSR count). The van der Waals surface area contributed by atoms with Gasteiger partial charge in [0.1, 0.15) is 5.75 Å². The summed E-state index contributed by atoms with van der Waals surface area (Å²) in [6.07, 6.45) is 6.71. The highest BCUT2D eigenvalue weighted by atomic mass is 16.5. The fraction of sp³-hybridized carbons (Fsp3) is 0.684. The molecule has 116 valence electrons. The Balaban J connectivity index is 1.50. The lowest BCUT2D eigenvalue weighted by molar-refractivity contribution is 0.235. The molecule has 0 heterocycles. The minimum Gasteiger partial charge on any atom is -0.497 e. The van der Waals surface area contributed by atoms with Crippen molar-refractivity contribution in [3.63, 3.8) is 0 Å². The summed E-state index contributed by atoms with van der Waals surface area (Å²) < 4.78 is 5.33. The smallest absolute Gasteiger partial charge is 0.119 e. The van der Waals surface area contributed by atoms with Crippen LogP contribution in [0.3, 0.4) is 0 Å². The van der Waals surface area contributed by atoms with Crippen molar-refractivity contribution in [3.8, 4) is 5.75 Å². The molecule has 0 bridgehead atoms. The number of rotatable bonds is 5. The molecule has 2 heteroatoms. The molecule has 1 N–H and O–H groups in total. The van der Waals surface area contributed by atoms with Gasteiger partial charge in [0, 0.05) is 12.1 Å². The third-order valence-electron chi connectivity index (χ3n) is 5.90. The molecule has 3 unspecified atom stereocenters. The van der Waals surface area contributed by atoms with Crippen LogP contribution in [0.1, 0.15) is 57.4 Å². The van der Waals surface area contributed by atoms with E-state index in [0.29, 0.717) is 0 Å². The summed E-state index contributed by atoms with van der Waals surface area (Å²) in [4.78, 5) is 0. The first-order valence-electron chi connectivity index (χ1n) is 8.61. The second-order valence-electron chi connectivity index (χ2n) is 7.02. The topological polar surface area (TPSA) is 21.3 Å². The monoisotopic (exact) mass is 287 g/mol. The van der Waals surface area contributed by atoms with E-state index in [0.717, 1.165) is 35.6 Å². The van der Waals surface area contributed by atoms with Gasteiger partial charge < -0.3 is 10.1 Å². The van der Waals surface area contributed by atoms with Crippen LogP contribution in [0, 0.1) is 11.8 Å². The highest BCUT2D eigenvalue weighted by molar-refractivity contribution is 5.32. The number of hydrogen-bond donors (Lipinski definition) is 1. The fourth-order valence-electron chi connectivity index (χ4n) is 4.28. The molecule has 1 aromatic carbocycles.